The van der Waals surface area contributed by atoms with E-state index in [-0.39, 0.29) is 5.76 Å². The fraction of sp³-hybridized carbons (Fsp3) is 0.421. The molecule has 0 spiro atoms. The molecule has 4 N–H and O–H groups in total. The highest BCUT2D eigenvalue weighted by atomic mass is 16.5. The highest BCUT2D eigenvalue weighted by Gasteiger charge is 2.41. The van der Waals surface area contributed by atoms with Crippen molar-refractivity contribution < 1.29 is 34.7 Å². The summed E-state index contributed by atoms with van der Waals surface area (Å²) in [6.45, 7) is 1.04. The van der Waals surface area contributed by atoms with Crippen LogP contribution in [-0.2, 0) is 9.53 Å². The Hall–Kier alpha value is -2.95. The van der Waals surface area contributed by atoms with Gasteiger partial charge < -0.3 is 29.9 Å². The number of rotatable bonds is 7. The van der Waals surface area contributed by atoms with Crippen LogP contribution in [0.3, 0.4) is 0 Å². The summed E-state index contributed by atoms with van der Waals surface area (Å²) in [5, 5.41) is 46.8. The predicted octanol–water partition coefficient (Wildman–Crippen LogP) is 0.212. The highest BCUT2D eigenvalue weighted by molar-refractivity contribution is 5.84. The number of aromatic nitrogens is 3. The topological polar surface area (TPSA) is 147 Å². The van der Waals surface area contributed by atoms with Crippen molar-refractivity contribution in [3.05, 3.63) is 42.3 Å². The van der Waals surface area contributed by atoms with E-state index < -0.39 is 42.8 Å². The van der Waals surface area contributed by atoms with Crippen molar-refractivity contribution in [1.29, 1.82) is 0 Å². The van der Waals surface area contributed by atoms with Crippen LogP contribution in [0, 0.1) is 5.92 Å². The Morgan fingerprint density at radius 1 is 1.31 bits per heavy atom. The number of aliphatic carboxylic acids is 1. The van der Waals surface area contributed by atoms with E-state index in [4.69, 9.17) is 14.6 Å². The number of nitrogens with zero attached hydrogens (tertiary/aromatic N) is 3. The summed E-state index contributed by atoms with van der Waals surface area (Å²) in [5.74, 6) is -1.45. The van der Waals surface area contributed by atoms with Gasteiger partial charge in [0, 0.05) is 11.5 Å². The van der Waals surface area contributed by atoms with E-state index in [2.05, 4.69) is 10.3 Å². The summed E-state index contributed by atoms with van der Waals surface area (Å²) in [4.78, 5) is 11.5. The van der Waals surface area contributed by atoms with E-state index >= 15 is 0 Å². The van der Waals surface area contributed by atoms with Crippen LogP contribution in [0.25, 0.3) is 11.3 Å². The molecule has 2 heterocycles. The Bertz CT molecular complexity index is 880. The Labute approximate surface area is 166 Å². The molecule has 1 aromatic carbocycles. The molecule has 10 nitrogen and oxygen atoms in total. The zero-order valence-electron chi connectivity index (χ0n) is 15.9. The zero-order valence-corrected chi connectivity index (χ0v) is 15.9. The maximum Gasteiger partial charge on any atom is 0.370 e. The molecular weight excluding hydrogens is 382 g/mol. The summed E-state index contributed by atoms with van der Waals surface area (Å²) >= 11 is 0. The monoisotopic (exact) mass is 405 g/mol. The summed E-state index contributed by atoms with van der Waals surface area (Å²) in [6.07, 6.45) is -0.969. The number of allylic oxidation sites excluding steroid dienone is 1. The highest BCUT2D eigenvalue weighted by Crippen LogP contribution is 2.34. The van der Waals surface area contributed by atoms with Gasteiger partial charge in [-0.3, -0.25) is 0 Å². The molecule has 1 aliphatic heterocycles. The molecule has 0 fully saturated rings. The average Bonchev–Trinajstić information content (AvgIpc) is 3.22. The molecule has 1 aromatic heterocycles. The van der Waals surface area contributed by atoms with Crippen molar-refractivity contribution >= 4 is 5.97 Å². The minimum atomic E-state index is -1.48. The van der Waals surface area contributed by atoms with Crippen LogP contribution in [0.5, 0.6) is 5.75 Å². The van der Waals surface area contributed by atoms with E-state index in [0.29, 0.717) is 11.4 Å². The molecule has 0 unspecified atom stereocenters. The van der Waals surface area contributed by atoms with Crippen LogP contribution in [0.2, 0.25) is 0 Å². The number of ether oxygens (including phenoxy) is 2. The van der Waals surface area contributed by atoms with Crippen LogP contribution in [-0.4, -0.2) is 73.4 Å². The second-order valence-corrected chi connectivity index (χ2v) is 6.82. The van der Waals surface area contributed by atoms with Gasteiger partial charge in [0.15, 0.2) is 0 Å². The average molecular weight is 405 g/mol. The van der Waals surface area contributed by atoms with Crippen molar-refractivity contribution in [2.45, 2.75) is 31.3 Å². The first-order chi connectivity index (χ1) is 13.8. The molecule has 0 aliphatic carbocycles. The minimum absolute atomic E-state index is 0.371. The van der Waals surface area contributed by atoms with E-state index in [9.17, 15) is 20.1 Å². The molecule has 29 heavy (non-hydrogen) atoms. The van der Waals surface area contributed by atoms with Gasteiger partial charge in [0.05, 0.1) is 26.0 Å². The summed E-state index contributed by atoms with van der Waals surface area (Å²) < 4.78 is 12.0. The summed E-state index contributed by atoms with van der Waals surface area (Å²) in [5.41, 5.74) is 1.37. The number of aliphatic hydroxyl groups is 3. The smallest absolute Gasteiger partial charge is 0.370 e. The molecule has 10 heteroatoms. The summed E-state index contributed by atoms with van der Waals surface area (Å²) in [6, 6.07) is 6.62. The number of hydrogen-bond acceptors (Lipinski definition) is 8. The molecule has 3 rings (SSSR count). The third-order valence-corrected chi connectivity index (χ3v) is 4.97. The van der Waals surface area contributed by atoms with E-state index in [1.165, 1.54) is 10.8 Å². The maximum atomic E-state index is 11.5. The SMILES string of the molecule is COc1ccc(-c2cn([C@H]3C=C(C(=O)O)O[C@@H]([C@H](O)[C@H](O)CO)[C@@H]3C)nn2)cc1. The molecule has 0 saturated heterocycles. The van der Waals surface area contributed by atoms with E-state index in [1.54, 1.807) is 32.4 Å². The summed E-state index contributed by atoms with van der Waals surface area (Å²) in [7, 11) is 1.57. The Balaban J connectivity index is 1.92. The number of hydrogen-bond donors (Lipinski definition) is 4. The van der Waals surface area contributed by atoms with Gasteiger partial charge in [0.25, 0.3) is 0 Å². The quantitative estimate of drug-likeness (QED) is 0.507. The maximum absolute atomic E-state index is 11.5. The predicted molar refractivity (Wildman–Crippen MR) is 99.9 cm³/mol. The first-order valence-corrected chi connectivity index (χ1v) is 9.00. The van der Waals surface area contributed by atoms with Crippen molar-refractivity contribution in [2.24, 2.45) is 5.92 Å². The van der Waals surface area contributed by atoms with Gasteiger partial charge in [-0.05, 0) is 30.3 Å². The first kappa shape index (κ1) is 20.8. The number of carboxylic acid groups (broad SMARTS) is 1. The zero-order chi connectivity index (χ0) is 21.1. The molecule has 0 bridgehead atoms. The Morgan fingerprint density at radius 3 is 2.59 bits per heavy atom. The lowest BCUT2D eigenvalue weighted by molar-refractivity contribution is -0.148. The van der Waals surface area contributed by atoms with E-state index in [1.807, 2.05) is 12.1 Å². The lowest BCUT2D eigenvalue weighted by Gasteiger charge is -2.37. The number of benzene rings is 1. The normalized spacial score (nSPS) is 23.6. The van der Waals surface area contributed by atoms with Crippen molar-refractivity contribution in [1.82, 2.24) is 15.0 Å². The third kappa shape index (κ3) is 4.24. The number of methoxy groups -OCH3 is 1. The lowest BCUT2D eigenvalue weighted by Crippen LogP contribution is -2.48. The molecule has 0 amide bonds. The van der Waals surface area contributed by atoms with Gasteiger partial charge in [-0.2, -0.15) is 0 Å². The van der Waals surface area contributed by atoms with Gasteiger partial charge in [-0.25, -0.2) is 9.48 Å². The third-order valence-electron chi connectivity index (χ3n) is 4.97. The van der Waals surface area contributed by atoms with Gasteiger partial charge in [-0.1, -0.05) is 12.1 Å². The van der Waals surface area contributed by atoms with Crippen LogP contribution in [0.15, 0.2) is 42.3 Å². The lowest BCUT2D eigenvalue weighted by atomic mass is 9.87. The van der Waals surface area contributed by atoms with Gasteiger partial charge in [0.1, 0.15) is 29.8 Å². The first-order valence-electron chi connectivity index (χ1n) is 9.00. The molecule has 0 radical (unpaired) electrons. The van der Waals surface area contributed by atoms with Crippen LogP contribution in [0.1, 0.15) is 13.0 Å². The number of aliphatic hydroxyl groups excluding tert-OH is 3. The van der Waals surface area contributed by atoms with Crippen molar-refractivity contribution in [3.8, 4) is 17.0 Å². The Morgan fingerprint density at radius 2 is 2.00 bits per heavy atom. The second-order valence-electron chi connectivity index (χ2n) is 6.82. The van der Waals surface area contributed by atoms with Gasteiger partial charge in [-0.15, -0.1) is 5.10 Å². The fourth-order valence-electron chi connectivity index (χ4n) is 3.26. The molecule has 5 atom stereocenters. The van der Waals surface area contributed by atoms with Gasteiger partial charge in [0.2, 0.25) is 5.76 Å². The molecular formula is C19H23N3O7. The number of carbonyl (C=O) groups is 1. The molecule has 0 saturated carbocycles. The Kier molecular flexibility index (Phi) is 6.16. The largest absolute Gasteiger partial charge is 0.497 e. The van der Waals surface area contributed by atoms with Crippen LogP contribution < -0.4 is 4.74 Å². The van der Waals surface area contributed by atoms with Crippen molar-refractivity contribution in [3.63, 3.8) is 0 Å². The standard InChI is InChI=1S/C19H23N3O7/c1-10-14(7-16(19(26)27)29-18(10)17(25)15(24)9-23)22-8-13(20-21-22)11-3-5-12(28-2)6-4-11/h3-8,10,14-15,17-18,23-25H,9H2,1-2H3,(H,26,27)/t10-,14+,15-,17-,18-/m1/s1. The van der Waals surface area contributed by atoms with Crippen LogP contribution in [0.4, 0.5) is 0 Å². The van der Waals surface area contributed by atoms with Crippen LogP contribution >= 0.6 is 0 Å². The fourth-order valence-corrected chi connectivity index (χ4v) is 3.26. The van der Waals surface area contributed by atoms with Crippen molar-refractivity contribution in [2.75, 3.05) is 13.7 Å². The molecule has 1 aliphatic rings. The minimum Gasteiger partial charge on any atom is -0.497 e. The van der Waals surface area contributed by atoms with E-state index in [0.717, 1.165) is 5.56 Å². The second kappa shape index (κ2) is 8.60. The molecule has 156 valence electrons. The van der Waals surface area contributed by atoms with Gasteiger partial charge >= 0.3 is 5.97 Å². The molecule has 2 aromatic rings. The number of carboxylic acids is 1.